The Morgan fingerprint density at radius 1 is 1.50 bits per heavy atom. The Balaban J connectivity index is 1.79. The van der Waals surface area contributed by atoms with Crippen LogP contribution in [0.1, 0.15) is 13.3 Å². The van der Waals surface area contributed by atoms with E-state index in [2.05, 4.69) is 5.32 Å². The lowest BCUT2D eigenvalue weighted by Gasteiger charge is -2.18. The number of aliphatic hydroxyl groups excluding tert-OH is 1. The summed E-state index contributed by atoms with van der Waals surface area (Å²) >= 11 is 0. The van der Waals surface area contributed by atoms with Gasteiger partial charge < -0.3 is 15.3 Å². The Hall–Kier alpha value is -1.55. The summed E-state index contributed by atoms with van der Waals surface area (Å²) in [4.78, 5) is 13.8. The largest absolute Gasteiger partial charge is 0.393 e. The molecule has 98 valence electrons. The van der Waals surface area contributed by atoms with Crippen molar-refractivity contribution in [1.82, 2.24) is 4.90 Å². The van der Waals surface area contributed by atoms with Gasteiger partial charge in [0, 0.05) is 24.7 Å². The van der Waals surface area contributed by atoms with Crippen molar-refractivity contribution >= 4 is 11.6 Å². The van der Waals surface area contributed by atoms with E-state index in [1.165, 1.54) is 0 Å². The van der Waals surface area contributed by atoms with Crippen LogP contribution >= 0.6 is 0 Å². The zero-order valence-corrected chi connectivity index (χ0v) is 10.7. The van der Waals surface area contributed by atoms with Gasteiger partial charge in [0.2, 0.25) is 5.91 Å². The zero-order valence-electron chi connectivity index (χ0n) is 10.7. The quantitative estimate of drug-likeness (QED) is 0.845. The molecule has 0 spiro atoms. The minimum absolute atomic E-state index is 0.0991. The van der Waals surface area contributed by atoms with Crippen molar-refractivity contribution in [3.63, 3.8) is 0 Å². The summed E-state index contributed by atoms with van der Waals surface area (Å²) in [5.74, 6) is 0.327. The highest BCUT2D eigenvalue weighted by molar-refractivity contribution is 5.81. The predicted molar refractivity (Wildman–Crippen MR) is 71.3 cm³/mol. The van der Waals surface area contributed by atoms with Crippen LogP contribution < -0.4 is 5.32 Å². The fourth-order valence-electron chi connectivity index (χ4n) is 2.25. The van der Waals surface area contributed by atoms with E-state index in [-0.39, 0.29) is 17.9 Å². The van der Waals surface area contributed by atoms with E-state index in [9.17, 15) is 9.90 Å². The molecule has 1 aliphatic rings. The molecule has 1 aromatic rings. The van der Waals surface area contributed by atoms with E-state index >= 15 is 0 Å². The van der Waals surface area contributed by atoms with Crippen LogP contribution in [0.5, 0.6) is 0 Å². The molecular weight excluding hydrogens is 228 g/mol. The summed E-state index contributed by atoms with van der Waals surface area (Å²) < 4.78 is 0. The number of hydrogen-bond acceptors (Lipinski definition) is 3. The van der Waals surface area contributed by atoms with Crippen molar-refractivity contribution < 1.29 is 9.90 Å². The second kappa shape index (κ2) is 5.87. The number of hydrogen-bond donors (Lipinski definition) is 2. The second-order valence-electron chi connectivity index (χ2n) is 4.85. The van der Waals surface area contributed by atoms with Crippen molar-refractivity contribution in [2.45, 2.75) is 19.4 Å². The predicted octanol–water partition coefficient (Wildman–Crippen LogP) is 1.33. The van der Waals surface area contributed by atoms with E-state index < -0.39 is 0 Å². The van der Waals surface area contributed by atoms with Gasteiger partial charge in [-0.25, -0.2) is 0 Å². The lowest BCUT2D eigenvalue weighted by molar-refractivity contribution is -0.128. The molecule has 1 amide bonds. The van der Waals surface area contributed by atoms with Crippen LogP contribution in [0, 0.1) is 5.92 Å². The Labute approximate surface area is 108 Å². The molecule has 1 fully saturated rings. The average molecular weight is 248 g/mol. The highest BCUT2D eigenvalue weighted by atomic mass is 16.3. The van der Waals surface area contributed by atoms with Gasteiger partial charge in [0.25, 0.3) is 0 Å². The first-order valence-corrected chi connectivity index (χ1v) is 6.41. The first-order valence-electron chi connectivity index (χ1n) is 6.41. The first kappa shape index (κ1) is 12.9. The van der Waals surface area contributed by atoms with Gasteiger partial charge in [0.05, 0.1) is 12.6 Å². The summed E-state index contributed by atoms with van der Waals surface area (Å²) in [6, 6.07) is 9.70. The molecule has 0 saturated carbocycles. The summed E-state index contributed by atoms with van der Waals surface area (Å²) in [6.07, 6.45) is 0.569. The van der Waals surface area contributed by atoms with E-state index in [0.717, 1.165) is 18.7 Å². The maximum absolute atomic E-state index is 12.0. The van der Waals surface area contributed by atoms with Crippen molar-refractivity contribution in [3.05, 3.63) is 30.3 Å². The van der Waals surface area contributed by atoms with Gasteiger partial charge in [-0.3, -0.25) is 4.79 Å². The molecule has 2 atom stereocenters. The number of nitrogens with zero attached hydrogens (tertiary/aromatic N) is 1. The number of carbonyl (C=O) groups excluding carboxylic acids is 1. The van der Waals surface area contributed by atoms with Gasteiger partial charge >= 0.3 is 0 Å². The molecule has 2 N–H and O–H groups in total. The van der Waals surface area contributed by atoms with Gasteiger partial charge in [-0.1, -0.05) is 18.2 Å². The van der Waals surface area contributed by atoms with Gasteiger partial charge in [0.15, 0.2) is 0 Å². The van der Waals surface area contributed by atoms with Crippen LogP contribution in [0.4, 0.5) is 5.69 Å². The number of anilines is 1. The Morgan fingerprint density at radius 2 is 2.22 bits per heavy atom. The fraction of sp³-hybridized carbons (Fsp3) is 0.500. The number of para-hydroxylation sites is 1. The van der Waals surface area contributed by atoms with E-state index in [1.807, 2.05) is 35.2 Å². The highest BCUT2D eigenvalue weighted by Gasteiger charge is 2.28. The monoisotopic (exact) mass is 248 g/mol. The van der Waals surface area contributed by atoms with Crippen molar-refractivity contribution in [3.8, 4) is 0 Å². The lowest BCUT2D eigenvalue weighted by Crippen LogP contribution is -2.34. The Kier molecular flexibility index (Phi) is 4.20. The third kappa shape index (κ3) is 3.23. The first-order chi connectivity index (χ1) is 8.66. The third-order valence-corrected chi connectivity index (χ3v) is 3.48. The molecule has 0 aromatic heterocycles. The molecule has 1 aliphatic heterocycles. The van der Waals surface area contributed by atoms with E-state index in [4.69, 9.17) is 0 Å². The number of nitrogens with one attached hydrogen (secondary N) is 1. The lowest BCUT2D eigenvalue weighted by atomic mass is 10.0. The maximum Gasteiger partial charge on any atom is 0.241 e. The molecular formula is C14H20N2O2. The van der Waals surface area contributed by atoms with Crippen LogP contribution in [-0.4, -0.2) is 41.7 Å². The van der Waals surface area contributed by atoms with Crippen LogP contribution in [-0.2, 0) is 4.79 Å². The molecule has 0 radical (unpaired) electrons. The number of likely N-dealkylation sites (tertiary alicyclic amines) is 1. The molecule has 0 aliphatic carbocycles. The number of carbonyl (C=O) groups is 1. The van der Waals surface area contributed by atoms with Crippen molar-refractivity contribution in [2.75, 3.05) is 25.0 Å². The molecule has 1 aromatic carbocycles. The molecule has 18 heavy (non-hydrogen) atoms. The van der Waals surface area contributed by atoms with E-state index in [0.29, 0.717) is 13.1 Å². The fourth-order valence-corrected chi connectivity index (χ4v) is 2.25. The zero-order chi connectivity index (χ0) is 13.0. The van der Waals surface area contributed by atoms with Gasteiger partial charge in [-0.15, -0.1) is 0 Å². The summed E-state index contributed by atoms with van der Waals surface area (Å²) in [5, 5.41) is 12.6. The molecule has 1 saturated heterocycles. The number of benzene rings is 1. The summed E-state index contributed by atoms with van der Waals surface area (Å²) in [6.45, 7) is 3.54. The SMILES string of the molecule is CC(O)C1CCN(C(=O)CNc2ccccc2)C1. The average Bonchev–Trinajstić information content (AvgIpc) is 2.87. The second-order valence-corrected chi connectivity index (χ2v) is 4.85. The Morgan fingerprint density at radius 3 is 2.83 bits per heavy atom. The number of amides is 1. The molecule has 0 bridgehead atoms. The van der Waals surface area contributed by atoms with Crippen LogP contribution in [0.3, 0.4) is 0 Å². The minimum Gasteiger partial charge on any atom is -0.393 e. The molecule has 4 heteroatoms. The van der Waals surface area contributed by atoms with Crippen molar-refractivity contribution in [1.29, 1.82) is 0 Å². The van der Waals surface area contributed by atoms with Crippen LogP contribution in [0.25, 0.3) is 0 Å². The normalized spacial score (nSPS) is 20.8. The van der Waals surface area contributed by atoms with Gasteiger partial charge in [-0.05, 0) is 25.5 Å². The molecule has 1 heterocycles. The van der Waals surface area contributed by atoms with Crippen molar-refractivity contribution in [2.24, 2.45) is 5.92 Å². The minimum atomic E-state index is -0.329. The number of rotatable bonds is 4. The molecule has 2 unspecified atom stereocenters. The van der Waals surface area contributed by atoms with Crippen LogP contribution in [0.2, 0.25) is 0 Å². The maximum atomic E-state index is 12.0. The third-order valence-electron chi connectivity index (χ3n) is 3.48. The topological polar surface area (TPSA) is 52.6 Å². The summed E-state index contributed by atoms with van der Waals surface area (Å²) in [7, 11) is 0. The summed E-state index contributed by atoms with van der Waals surface area (Å²) in [5.41, 5.74) is 0.956. The van der Waals surface area contributed by atoms with Gasteiger partial charge in [-0.2, -0.15) is 0 Å². The van der Waals surface area contributed by atoms with Crippen LogP contribution in [0.15, 0.2) is 30.3 Å². The number of aliphatic hydroxyl groups is 1. The smallest absolute Gasteiger partial charge is 0.241 e. The highest BCUT2D eigenvalue weighted by Crippen LogP contribution is 2.19. The molecule has 2 rings (SSSR count). The van der Waals surface area contributed by atoms with E-state index in [1.54, 1.807) is 6.92 Å². The standard InChI is InChI=1S/C14H20N2O2/c1-11(17)12-7-8-16(10-12)14(18)9-15-13-5-3-2-4-6-13/h2-6,11-12,15,17H,7-10H2,1H3. The van der Waals surface area contributed by atoms with Gasteiger partial charge in [0.1, 0.15) is 0 Å². The Bertz CT molecular complexity index is 392. The molecule has 4 nitrogen and oxygen atoms in total.